The van der Waals surface area contributed by atoms with Crippen LogP contribution in [0.1, 0.15) is 53.4 Å². The van der Waals surface area contributed by atoms with Crippen LogP contribution in [0.5, 0.6) is 0 Å². The monoisotopic (exact) mass is 269 g/mol. The third-order valence-corrected chi connectivity index (χ3v) is 4.17. The molecule has 0 aliphatic carbocycles. The quantitative estimate of drug-likeness (QED) is 0.749. The largest absolute Gasteiger partial charge is 0.481 e. The maximum atomic E-state index is 12.5. The standard InChI is InChI=1S/C14H23NO4/c1-5-6-10(7-12(17)18)15-11(16)8-14(4,9(2)3)13(15)19/h9-10H,5-8H2,1-4H3,(H,17,18). The van der Waals surface area contributed by atoms with Crippen molar-refractivity contribution in [1.29, 1.82) is 0 Å². The second kappa shape index (κ2) is 5.72. The average molecular weight is 269 g/mol. The van der Waals surface area contributed by atoms with Gasteiger partial charge in [-0.15, -0.1) is 0 Å². The van der Waals surface area contributed by atoms with E-state index in [4.69, 9.17) is 5.11 Å². The highest BCUT2D eigenvalue weighted by Crippen LogP contribution is 2.40. The number of carboxylic acids is 1. The molecule has 0 saturated carbocycles. The van der Waals surface area contributed by atoms with Crippen molar-refractivity contribution in [2.75, 3.05) is 0 Å². The number of amides is 2. The van der Waals surface area contributed by atoms with E-state index in [0.717, 1.165) is 6.42 Å². The summed E-state index contributed by atoms with van der Waals surface area (Å²) in [5, 5.41) is 8.93. The Kier molecular flexibility index (Phi) is 4.71. The Balaban J connectivity index is 3.01. The van der Waals surface area contributed by atoms with Gasteiger partial charge in [0.05, 0.1) is 17.9 Å². The Labute approximate surface area is 114 Å². The molecule has 1 saturated heterocycles. The summed E-state index contributed by atoms with van der Waals surface area (Å²) in [6.45, 7) is 7.55. The number of imide groups is 1. The van der Waals surface area contributed by atoms with Crippen LogP contribution in [0.3, 0.4) is 0 Å². The van der Waals surface area contributed by atoms with E-state index in [0.29, 0.717) is 6.42 Å². The van der Waals surface area contributed by atoms with E-state index in [1.165, 1.54) is 4.90 Å². The van der Waals surface area contributed by atoms with Gasteiger partial charge in [-0.2, -0.15) is 0 Å². The lowest BCUT2D eigenvalue weighted by molar-refractivity contribution is -0.147. The van der Waals surface area contributed by atoms with Gasteiger partial charge in [0, 0.05) is 6.42 Å². The van der Waals surface area contributed by atoms with Gasteiger partial charge in [-0.05, 0) is 19.3 Å². The van der Waals surface area contributed by atoms with Crippen molar-refractivity contribution in [1.82, 2.24) is 4.90 Å². The van der Waals surface area contributed by atoms with Gasteiger partial charge >= 0.3 is 5.97 Å². The van der Waals surface area contributed by atoms with Crippen molar-refractivity contribution in [2.45, 2.75) is 59.4 Å². The van der Waals surface area contributed by atoms with Gasteiger partial charge in [-0.1, -0.05) is 27.2 Å². The predicted octanol–water partition coefficient (Wildman–Crippen LogP) is 2.05. The van der Waals surface area contributed by atoms with Crippen LogP contribution >= 0.6 is 0 Å². The lowest BCUT2D eigenvalue weighted by atomic mass is 9.78. The number of carbonyl (C=O) groups excluding carboxylic acids is 2. The summed E-state index contributed by atoms with van der Waals surface area (Å²) in [5.41, 5.74) is -0.693. The first-order valence-corrected chi connectivity index (χ1v) is 6.82. The highest BCUT2D eigenvalue weighted by atomic mass is 16.4. The van der Waals surface area contributed by atoms with Crippen molar-refractivity contribution < 1.29 is 19.5 Å². The van der Waals surface area contributed by atoms with E-state index in [-0.39, 0.29) is 30.6 Å². The van der Waals surface area contributed by atoms with Crippen LogP contribution in [-0.2, 0) is 14.4 Å². The zero-order valence-electron chi connectivity index (χ0n) is 12.1. The van der Waals surface area contributed by atoms with Gasteiger partial charge in [0.25, 0.3) is 0 Å². The number of hydrogen-bond donors (Lipinski definition) is 1. The minimum Gasteiger partial charge on any atom is -0.481 e. The average Bonchev–Trinajstić information content (AvgIpc) is 2.50. The Morgan fingerprint density at radius 1 is 1.42 bits per heavy atom. The summed E-state index contributed by atoms with van der Waals surface area (Å²) in [6.07, 6.45) is 1.30. The third-order valence-electron chi connectivity index (χ3n) is 4.17. The zero-order chi connectivity index (χ0) is 14.8. The van der Waals surface area contributed by atoms with Crippen molar-refractivity contribution in [3.05, 3.63) is 0 Å². The summed E-state index contributed by atoms with van der Waals surface area (Å²) in [7, 11) is 0. The molecule has 0 radical (unpaired) electrons. The third kappa shape index (κ3) is 2.96. The maximum absolute atomic E-state index is 12.5. The normalized spacial score (nSPS) is 25.2. The van der Waals surface area contributed by atoms with E-state index in [9.17, 15) is 14.4 Å². The fourth-order valence-electron chi connectivity index (χ4n) is 2.54. The van der Waals surface area contributed by atoms with Crippen molar-refractivity contribution in [3.8, 4) is 0 Å². The Bertz CT molecular complexity index is 391. The molecule has 0 aromatic carbocycles. The number of likely N-dealkylation sites (tertiary alicyclic amines) is 1. The van der Waals surface area contributed by atoms with E-state index < -0.39 is 17.4 Å². The van der Waals surface area contributed by atoms with Crippen LogP contribution in [-0.4, -0.2) is 33.8 Å². The fourth-order valence-corrected chi connectivity index (χ4v) is 2.54. The van der Waals surface area contributed by atoms with Gasteiger partial charge in [0.1, 0.15) is 0 Å². The molecule has 1 N–H and O–H groups in total. The highest BCUT2D eigenvalue weighted by molar-refractivity contribution is 6.06. The molecule has 5 nitrogen and oxygen atoms in total. The second-order valence-electron chi connectivity index (χ2n) is 5.86. The SMILES string of the molecule is CCCC(CC(=O)O)N1C(=O)CC(C)(C(C)C)C1=O. The van der Waals surface area contributed by atoms with Gasteiger partial charge in [-0.3, -0.25) is 19.3 Å². The number of nitrogens with zero attached hydrogens (tertiary/aromatic N) is 1. The Morgan fingerprint density at radius 2 is 2.00 bits per heavy atom. The minimum atomic E-state index is -0.975. The molecular weight excluding hydrogens is 246 g/mol. The van der Waals surface area contributed by atoms with Crippen LogP contribution in [0, 0.1) is 11.3 Å². The molecule has 0 aromatic heterocycles. The fraction of sp³-hybridized carbons (Fsp3) is 0.786. The first-order chi connectivity index (χ1) is 8.74. The molecule has 5 heteroatoms. The van der Waals surface area contributed by atoms with Gasteiger partial charge in [0.2, 0.25) is 11.8 Å². The van der Waals surface area contributed by atoms with E-state index in [2.05, 4.69) is 0 Å². The summed E-state index contributed by atoms with van der Waals surface area (Å²) in [4.78, 5) is 36.7. The molecule has 2 atom stereocenters. The second-order valence-corrected chi connectivity index (χ2v) is 5.86. The molecule has 2 unspecified atom stereocenters. The Hall–Kier alpha value is -1.39. The van der Waals surface area contributed by atoms with Crippen LogP contribution in [0.25, 0.3) is 0 Å². The Morgan fingerprint density at radius 3 is 2.37 bits per heavy atom. The van der Waals surface area contributed by atoms with Crippen LogP contribution in [0.15, 0.2) is 0 Å². The molecular formula is C14H23NO4. The van der Waals surface area contributed by atoms with Gasteiger partial charge < -0.3 is 5.11 Å². The molecule has 108 valence electrons. The van der Waals surface area contributed by atoms with Crippen molar-refractivity contribution in [3.63, 3.8) is 0 Å². The topological polar surface area (TPSA) is 74.7 Å². The number of carbonyl (C=O) groups is 3. The number of hydrogen-bond acceptors (Lipinski definition) is 3. The maximum Gasteiger partial charge on any atom is 0.305 e. The van der Waals surface area contributed by atoms with Crippen LogP contribution in [0.2, 0.25) is 0 Å². The van der Waals surface area contributed by atoms with Gasteiger partial charge in [-0.25, -0.2) is 0 Å². The summed E-state index contributed by atoms with van der Waals surface area (Å²) < 4.78 is 0. The van der Waals surface area contributed by atoms with E-state index in [1.807, 2.05) is 20.8 Å². The molecule has 1 aliphatic rings. The molecule has 0 spiro atoms. The van der Waals surface area contributed by atoms with Crippen molar-refractivity contribution in [2.24, 2.45) is 11.3 Å². The van der Waals surface area contributed by atoms with E-state index in [1.54, 1.807) is 6.92 Å². The number of aliphatic carboxylic acids is 1. The van der Waals surface area contributed by atoms with Crippen LogP contribution in [0.4, 0.5) is 0 Å². The minimum absolute atomic E-state index is 0.0565. The highest BCUT2D eigenvalue weighted by Gasteiger charge is 2.51. The summed E-state index contributed by atoms with van der Waals surface area (Å²) in [6, 6.07) is -0.511. The number of carboxylic acid groups (broad SMARTS) is 1. The first kappa shape index (κ1) is 15.7. The van der Waals surface area contributed by atoms with Crippen LogP contribution < -0.4 is 0 Å². The lowest BCUT2D eigenvalue weighted by Gasteiger charge is -2.29. The summed E-state index contributed by atoms with van der Waals surface area (Å²) in [5.74, 6) is -1.37. The van der Waals surface area contributed by atoms with Gasteiger partial charge in [0.15, 0.2) is 0 Å². The predicted molar refractivity (Wildman–Crippen MR) is 70.4 cm³/mol. The molecule has 2 amide bonds. The first-order valence-electron chi connectivity index (χ1n) is 6.82. The smallest absolute Gasteiger partial charge is 0.305 e. The molecule has 1 rings (SSSR count). The summed E-state index contributed by atoms with van der Waals surface area (Å²) >= 11 is 0. The van der Waals surface area contributed by atoms with E-state index >= 15 is 0 Å². The molecule has 0 aromatic rings. The number of rotatable bonds is 6. The molecule has 0 bridgehead atoms. The molecule has 1 aliphatic heterocycles. The lowest BCUT2D eigenvalue weighted by Crippen LogP contribution is -2.44. The molecule has 1 heterocycles. The zero-order valence-corrected chi connectivity index (χ0v) is 12.1. The molecule has 1 fully saturated rings. The molecule has 19 heavy (non-hydrogen) atoms. The van der Waals surface area contributed by atoms with Crippen molar-refractivity contribution >= 4 is 17.8 Å².